The molecular formula is C21H27N5O2S. The van der Waals surface area contributed by atoms with E-state index in [1.165, 1.54) is 17.3 Å². The van der Waals surface area contributed by atoms with E-state index in [9.17, 15) is 4.79 Å². The molecule has 0 saturated heterocycles. The summed E-state index contributed by atoms with van der Waals surface area (Å²) in [6.07, 6.45) is 3.24. The maximum absolute atomic E-state index is 12.4. The van der Waals surface area contributed by atoms with Gasteiger partial charge in [-0.2, -0.15) is 4.98 Å². The maximum atomic E-state index is 12.4. The molecule has 0 spiro atoms. The van der Waals surface area contributed by atoms with E-state index in [4.69, 9.17) is 4.74 Å². The minimum Gasteiger partial charge on any atom is -0.495 e. The van der Waals surface area contributed by atoms with E-state index in [2.05, 4.69) is 27.3 Å². The zero-order chi connectivity index (χ0) is 21.0. The van der Waals surface area contributed by atoms with E-state index in [0.29, 0.717) is 22.4 Å². The number of hydrogen-bond donors (Lipinski definition) is 1. The van der Waals surface area contributed by atoms with Gasteiger partial charge in [-0.25, -0.2) is 9.50 Å². The number of amides is 1. The van der Waals surface area contributed by atoms with Crippen molar-refractivity contribution >= 4 is 29.1 Å². The standard InChI is InChI=1S/C21H27N5O2S/c1-6-7-8-16-14(3)22-20-24-21(25-26(20)15(16)4)29-12-19(27)23-17-11-13(2)9-10-18(17)28-5/h9-11H,6-8,12H2,1-5H3,(H,23,27). The van der Waals surface area contributed by atoms with Crippen molar-refractivity contribution in [2.45, 2.75) is 52.1 Å². The summed E-state index contributed by atoms with van der Waals surface area (Å²) in [5.41, 5.74) is 5.00. The molecule has 0 saturated carbocycles. The van der Waals surface area contributed by atoms with Crippen LogP contribution in [0.3, 0.4) is 0 Å². The van der Waals surface area contributed by atoms with Crippen LogP contribution in [0, 0.1) is 20.8 Å². The molecule has 7 nitrogen and oxygen atoms in total. The third-order valence-corrected chi connectivity index (χ3v) is 5.61. The van der Waals surface area contributed by atoms with E-state index >= 15 is 0 Å². The second-order valence-corrected chi connectivity index (χ2v) is 7.95. The smallest absolute Gasteiger partial charge is 0.253 e. The van der Waals surface area contributed by atoms with Crippen molar-refractivity contribution in [3.63, 3.8) is 0 Å². The normalized spacial score (nSPS) is 11.1. The summed E-state index contributed by atoms with van der Waals surface area (Å²) in [7, 11) is 1.59. The van der Waals surface area contributed by atoms with Crippen LogP contribution < -0.4 is 10.1 Å². The molecule has 0 radical (unpaired) electrons. The number of carbonyl (C=O) groups is 1. The minimum atomic E-state index is -0.137. The van der Waals surface area contributed by atoms with Crippen molar-refractivity contribution in [2.24, 2.45) is 0 Å². The van der Waals surface area contributed by atoms with Crippen LogP contribution in [0.5, 0.6) is 5.75 Å². The molecule has 0 bridgehead atoms. The molecule has 2 aromatic heterocycles. The monoisotopic (exact) mass is 413 g/mol. The average molecular weight is 414 g/mol. The molecule has 0 aliphatic rings. The summed E-state index contributed by atoms with van der Waals surface area (Å²) in [4.78, 5) is 21.5. The molecule has 1 N–H and O–H groups in total. The number of benzene rings is 1. The highest BCUT2D eigenvalue weighted by Crippen LogP contribution is 2.26. The van der Waals surface area contributed by atoms with Crippen LogP contribution in [0.2, 0.25) is 0 Å². The number of methoxy groups -OCH3 is 1. The van der Waals surface area contributed by atoms with Crippen LogP contribution in [0.4, 0.5) is 5.69 Å². The number of rotatable bonds is 8. The summed E-state index contributed by atoms with van der Waals surface area (Å²) in [6.45, 7) is 8.21. The molecule has 8 heteroatoms. The van der Waals surface area contributed by atoms with Gasteiger partial charge in [0.1, 0.15) is 5.75 Å². The van der Waals surface area contributed by atoms with Gasteiger partial charge >= 0.3 is 0 Å². The number of aromatic nitrogens is 4. The molecule has 0 aliphatic carbocycles. The lowest BCUT2D eigenvalue weighted by Gasteiger charge is -2.10. The van der Waals surface area contributed by atoms with Gasteiger partial charge in [0.15, 0.2) is 0 Å². The number of unbranched alkanes of at least 4 members (excludes halogenated alkanes) is 1. The van der Waals surface area contributed by atoms with Crippen LogP contribution in [0.15, 0.2) is 23.4 Å². The van der Waals surface area contributed by atoms with Crippen LogP contribution in [-0.2, 0) is 11.2 Å². The van der Waals surface area contributed by atoms with E-state index in [-0.39, 0.29) is 11.7 Å². The highest BCUT2D eigenvalue weighted by atomic mass is 32.2. The Morgan fingerprint density at radius 1 is 1.24 bits per heavy atom. The Balaban J connectivity index is 1.71. The van der Waals surface area contributed by atoms with Crippen molar-refractivity contribution in [1.82, 2.24) is 19.6 Å². The summed E-state index contributed by atoms with van der Waals surface area (Å²) < 4.78 is 7.09. The van der Waals surface area contributed by atoms with E-state index in [0.717, 1.165) is 36.2 Å². The fourth-order valence-electron chi connectivity index (χ4n) is 3.20. The highest BCUT2D eigenvalue weighted by Gasteiger charge is 2.15. The van der Waals surface area contributed by atoms with Crippen LogP contribution in [-0.4, -0.2) is 38.4 Å². The first kappa shape index (κ1) is 21.1. The molecule has 2 heterocycles. The second-order valence-electron chi connectivity index (χ2n) is 7.01. The first-order valence-corrected chi connectivity index (χ1v) is 10.7. The summed E-state index contributed by atoms with van der Waals surface area (Å²) in [5.74, 6) is 1.27. The Bertz CT molecular complexity index is 1030. The molecule has 0 unspecified atom stereocenters. The van der Waals surface area contributed by atoms with Crippen molar-refractivity contribution in [1.29, 1.82) is 0 Å². The third-order valence-electron chi connectivity index (χ3n) is 4.77. The molecule has 3 rings (SSSR count). The van der Waals surface area contributed by atoms with E-state index < -0.39 is 0 Å². The average Bonchev–Trinajstić information content (AvgIpc) is 3.09. The Labute approximate surface area is 175 Å². The van der Waals surface area contributed by atoms with Gasteiger partial charge in [0, 0.05) is 11.4 Å². The zero-order valence-corrected chi connectivity index (χ0v) is 18.4. The number of thioether (sulfide) groups is 1. The molecule has 29 heavy (non-hydrogen) atoms. The highest BCUT2D eigenvalue weighted by molar-refractivity contribution is 7.99. The van der Waals surface area contributed by atoms with E-state index in [1.54, 1.807) is 11.6 Å². The van der Waals surface area contributed by atoms with Gasteiger partial charge < -0.3 is 10.1 Å². The van der Waals surface area contributed by atoms with Crippen molar-refractivity contribution < 1.29 is 9.53 Å². The summed E-state index contributed by atoms with van der Waals surface area (Å²) in [5, 5.41) is 7.99. The van der Waals surface area contributed by atoms with Crippen LogP contribution in [0.25, 0.3) is 5.78 Å². The zero-order valence-electron chi connectivity index (χ0n) is 17.6. The number of hydrogen-bond acceptors (Lipinski definition) is 6. The maximum Gasteiger partial charge on any atom is 0.253 e. The summed E-state index contributed by atoms with van der Waals surface area (Å²) >= 11 is 1.29. The molecule has 1 amide bonds. The molecule has 3 aromatic rings. The van der Waals surface area contributed by atoms with Gasteiger partial charge in [0.25, 0.3) is 5.78 Å². The Morgan fingerprint density at radius 2 is 2.03 bits per heavy atom. The Kier molecular flexibility index (Phi) is 6.74. The minimum absolute atomic E-state index is 0.137. The Morgan fingerprint density at radius 3 is 2.76 bits per heavy atom. The first-order valence-electron chi connectivity index (χ1n) is 9.73. The lowest BCUT2D eigenvalue weighted by atomic mass is 10.1. The predicted octanol–water partition coefficient (Wildman–Crippen LogP) is 4.13. The molecule has 0 aliphatic heterocycles. The number of aryl methyl sites for hydroxylation is 3. The fourth-order valence-corrected chi connectivity index (χ4v) is 3.82. The predicted molar refractivity (Wildman–Crippen MR) is 116 cm³/mol. The van der Waals surface area contributed by atoms with Crippen molar-refractivity contribution in [3.8, 4) is 5.75 Å². The number of nitrogens with one attached hydrogen (secondary N) is 1. The molecule has 1 aromatic carbocycles. The lowest BCUT2D eigenvalue weighted by molar-refractivity contribution is -0.113. The third kappa shape index (κ3) is 4.87. The molecule has 0 fully saturated rings. The molecular weight excluding hydrogens is 386 g/mol. The fraction of sp³-hybridized carbons (Fsp3) is 0.429. The van der Waals surface area contributed by atoms with Crippen LogP contribution >= 0.6 is 11.8 Å². The van der Waals surface area contributed by atoms with Crippen LogP contribution in [0.1, 0.15) is 42.3 Å². The second kappa shape index (κ2) is 9.26. The molecule has 154 valence electrons. The number of ether oxygens (including phenoxy) is 1. The van der Waals surface area contributed by atoms with Crippen molar-refractivity contribution in [2.75, 3.05) is 18.2 Å². The van der Waals surface area contributed by atoms with Gasteiger partial charge in [-0.05, 0) is 56.9 Å². The molecule has 0 atom stereocenters. The lowest BCUT2D eigenvalue weighted by Crippen LogP contribution is -2.15. The number of carbonyl (C=O) groups excluding carboxylic acids is 1. The van der Waals surface area contributed by atoms with Crippen molar-refractivity contribution in [3.05, 3.63) is 40.7 Å². The van der Waals surface area contributed by atoms with E-state index in [1.807, 2.05) is 39.0 Å². The number of fused-ring (bicyclic) bond motifs is 1. The topological polar surface area (TPSA) is 81.4 Å². The largest absolute Gasteiger partial charge is 0.495 e. The van der Waals surface area contributed by atoms with Gasteiger partial charge in [0.2, 0.25) is 11.1 Å². The SMILES string of the molecule is CCCCc1c(C)nc2nc(SCC(=O)Nc3cc(C)ccc3OC)nn2c1C. The van der Waals surface area contributed by atoms with Gasteiger partial charge in [0.05, 0.1) is 18.6 Å². The number of nitrogens with zero attached hydrogens (tertiary/aromatic N) is 4. The summed E-state index contributed by atoms with van der Waals surface area (Å²) in [6, 6.07) is 5.67. The van der Waals surface area contributed by atoms with Gasteiger partial charge in [-0.15, -0.1) is 5.10 Å². The quantitative estimate of drug-likeness (QED) is 0.559. The first-order chi connectivity index (χ1) is 13.9. The Hall–Kier alpha value is -2.61. The number of anilines is 1. The van der Waals surface area contributed by atoms with Gasteiger partial charge in [-0.1, -0.05) is 31.2 Å². The van der Waals surface area contributed by atoms with Gasteiger partial charge in [-0.3, -0.25) is 4.79 Å².